The molecule has 0 amide bonds. The highest BCUT2D eigenvalue weighted by Gasteiger charge is 2.18. The van der Waals surface area contributed by atoms with Crippen LogP contribution in [-0.2, 0) is 11.2 Å². The zero-order chi connectivity index (χ0) is 11.4. The van der Waals surface area contributed by atoms with E-state index in [1.807, 2.05) is 20.8 Å². The van der Waals surface area contributed by atoms with E-state index in [2.05, 4.69) is 11.9 Å². The molecule has 0 spiro atoms. The van der Waals surface area contributed by atoms with Crippen LogP contribution in [0.1, 0.15) is 47.6 Å². The third-order valence-electron chi connectivity index (χ3n) is 2.56. The Labute approximate surface area is 90.8 Å². The lowest BCUT2D eigenvalue weighted by molar-refractivity contribution is 0.0524. The average Bonchev–Trinajstić information content (AvgIpc) is 2.44. The van der Waals surface area contributed by atoms with Gasteiger partial charge in [0.25, 0.3) is 0 Å². The number of aromatic nitrogens is 1. The van der Waals surface area contributed by atoms with Crippen LogP contribution < -0.4 is 0 Å². The minimum Gasteiger partial charge on any atom is -0.462 e. The normalized spacial score (nSPS) is 10.4. The molecule has 84 valence electrons. The number of carbonyl (C=O) groups is 1. The molecule has 0 unspecified atom stereocenters. The lowest BCUT2D eigenvalue weighted by Gasteiger charge is -2.04. The predicted molar refractivity (Wildman–Crippen MR) is 60.2 cm³/mol. The summed E-state index contributed by atoms with van der Waals surface area (Å²) in [4.78, 5) is 15.0. The van der Waals surface area contributed by atoms with E-state index in [0.29, 0.717) is 6.61 Å². The first-order valence-electron chi connectivity index (χ1n) is 5.46. The molecular weight excluding hydrogens is 190 g/mol. The average molecular weight is 209 g/mol. The number of hydrogen-bond acceptors (Lipinski definition) is 2. The molecule has 3 nitrogen and oxygen atoms in total. The molecule has 3 heteroatoms. The van der Waals surface area contributed by atoms with Crippen LogP contribution in [0.25, 0.3) is 0 Å². The molecule has 0 radical (unpaired) electrons. The Morgan fingerprint density at radius 3 is 2.53 bits per heavy atom. The van der Waals surface area contributed by atoms with Crippen molar-refractivity contribution in [3.05, 3.63) is 22.5 Å². The molecule has 0 fully saturated rings. The van der Waals surface area contributed by atoms with Crippen LogP contribution in [0.2, 0.25) is 0 Å². The first-order valence-corrected chi connectivity index (χ1v) is 5.46. The van der Waals surface area contributed by atoms with Crippen LogP contribution in [0.5, 0.6) is 0 Å². The van der Waals surface area contributed by atoms with E-state index in [4.69, 9.17) is 4.74 Å². The van der Waals surface area contributed by atoms with Crippen LogP contribution in [0.15, 0.2) is 0 Å². The number of nitrogens with one attached hydrogen (secondary N) is 1. The summed E-state index contributed by atoms with van der Waals surface area (Å²) in [5, 5.41) is 0. The van der Waals surface area contributed by atoms with Crippen molar-refractivity contribution in [2.24, 2.45) is 0 Å². The molecule has 1 aromatic heterocycles. The first kappa shape index (κ1) is 11.8. The summed E-state index contributed by atoms with van der Waals surface area (Å²) in [6.45, 7) is 8.29. The topological polar surface area (TPSA) is 42.1 Å². The highest BCUT2D eigenvalue weighted by molar-refractivity contribution is 5.92. The Hall–Kier alpha value is -1.25. The molecular formula is C12H19NO2. The second kappa shape index (κ2) is 5.01. The van der Waals surface area contributed by atoms with Gasteiger partial charge in [-0.2, -0.15) is 0 Å². The number of H-pyrrole nitrogens is 1. The lowest BCUT2D eigenvalue weighted by Crippen LogP contribution is -2.08. The quantitative estimate of drug-likeness (QED) is 0.775. The second-order valence-corrected chi connectivity index (χ2v) is 3.70. The summed E-state index contributed by atoms with van der Waals surface area (Å²) in [7, 11) is 0. The fourth-order valence-electron chi connectivity index (χ4n) is 1.71. The summed E-state index contributed by atoms with van der Waals surface area (Å²) in [5.74, 6) is -0.206. The molecule has 0 aliphatic heterocycles. The van der Waals surface area contributed by atoms with E-state index in [-0.39, 0.29) is 5.97 Å². The largest absolute Gasteiger partial charge is 0.462 e. The monoisotopic (exact) mass is 209 g/mol. The van der Waals surface area contributed by atoms with Crippen molar-refractivity contribution in [2.45, 2.75) is 40.5 Å². The van der Waals surface area contributed by atoms with Crippen LogP contribution in [0.4, 0.5) is 0 Å². The van der Waals surface area contributed by atoms with Gasteiger partial charge in [0.15, 0.2) is 0 Å². The van der Waals surface area contributed by atoms with Gasteiger partial charge >= 0.3 is 5.97 Å². The number of carbonyl (C=O) groups excluding carboxylic acids is 1. The predicted octanol–water partition coefficient (Wildman–Crippen LogP) is 2.76. The van der Waals surface area contributed by atoms with Crippen LogP contribution in [-0.4, -0.2) is 17.6 Å². The maximum absolute atomic E-state index is 11.7. The molecule has 0 bridgehead atoms. The standard InChI is InChI=1S/C12H19NO2/c1-5-7-10-11(12(14)15-6-2)8(3)9(4)13-10/h13H,5-7H2,1-4H3. The fraction of sp³-hybridized carbons (Fsp3) is 0.583. The Morgan fingerprint density at radius 2 is 2.00 bits per heavy atom. The van der Waals surface area contributed by atoms with Gasteiger partial charge in [-0.3, -0.25) is 0 Å². The minimum atomic E-state index is -0.206. The van der Waals surface area contributed by atoms with E-state index < -0.39 is 0 Å². The molecule has 1 heterocycles. The smallest absolute Gasteiger partial charge is 0.340 e. The van der Waals surface area contributed by atoms with E-state index >= 15 is 0 Å². The molecule has 0 aromatic carbocycles. The third kappa shape index (κ3) is 2.41. The number of hydrogen-bond donors (Lipinski definition) is 1. The van der Waals surface area contributed by atoms with E-state index in [1.54, 1.807) is 0 Å². The molecule has 0 aliphatic carbocycles. The number of esters is 1. The summed E-state index contributed by atoms with van der Waals surface area (Å²) >= 11 is 0. The Bertz CT molecular complexity index is 353. The highest BCUT2D eigenvalue weighted by Crippen LogP contribution is 2.20. The van der Waals surface area contributed by atoms with Crippen molar-refractivity contribution in [1.29, 1.82) is 0 Å². The molecule has 0 atom stereocenters. The van der Waals surface area contributed by atoms with Gasteiger partial charge in [0, 0.05) is 11.4 Å². The zero-order valence-electron chi connectivity index (χ0n) is 9.94. The zero-order valence-corrected chi connectivity index (χ0v) is 9.94. The molecule has 1 rings (SSSR count). The van der Waals surface area contributed by atoms with E-state index in [9.17, 15) is 4.79 Å². The van der Waals surface area contributed by atoms with Gasteiger partial charge in [0.1, 0.15) is 0 Å². The number of aryl methyl sites for hydroxylation is 2. The van der Waals surface area contributed by atoms with Crippen molar-refractivity contribution in [1.82, 2.24) is 4.98 Å². The SMILES string of the molecule is CCCc1[nH]c(C)c(C)c1C(=O)OCC. The lowest BCUT2D eigenvalue weighted by atomic mass is 10.1. The molecule has 0 saturated heterocycles. The maximum atomic E-state index is 11.7. The van der Waals surface area contributed by atoms with Crippen molar-refractivity contribution < 1.29 is 9.53 Å². The molecule has 1 N–H and O–H groups in total. The Morgan fingerprint density at radius 1 is 1.33 bits per heavy atom. The number of aromatic amines is 1. The van der Waals surface area contributed by atoms with Crippen molar-refractivity contribution >= 4 is 5.97 Å². The van der Waals surface area contributed by atoms with Crippen molar-refractivity contribution in [2.75, 3.05) is 6.61 Å². The van der Waals surface area contributed by atoms with Gasteiger partial charge in [-0.15, -0.1) is 0 Å². The van der Waals surface area contributed by atoms with E-state index in [1.165, 1.54) is 0 Å². The van der Waals surface area contributed by atoms with Gasteiger partial charge < -0.3 is 9.72 Å². The molecule has 0 saturated carbocycles. The van der Waals surface area contributed by atoms with Crippen LogP contribution >= 0.6 is 0 Å². The first-order chi connectivity index (χ1) is 7.11. The molecule has 0 aliphatic rings. The number of rotatable bonds is 4. The summed E-state index contributed by atoms with van der Waals surface area (Å²) in [6, 6.07) is 0. The van der Waals surface area contributed by atoms with Gasteiger partial charge in [-0.05, 0) is 32.8 Å². The van der Waals surface area contributed by atoms with Crippen molar-refractivity contribution in [3.63, 3.8) is 0 Å². The highest BCUT2D eigenvalue weighted by atomic mass is 16.5. The van der Waals surface area contributed by atoms with Crippen LogP contribution in [0, 0.1) is 13.8 Å². The van der Waals surface area contributed by atoms with Gasteiger partial charge in [-0.25, -0.2) is 4.79 Å². The fourth-order valence-corrected chi connectivity index (χ4v) is 1.71. The van der Waals surface area contributed by atoms with Crippen molar-refractivity contribution in [3.8, 4) is 0 Å². The Kier molecular flexibility index (Phi) is 3.95. The number of ether oxygens (including phenoxy) is 1. The maximum Gasteiger partial charge on any atom is 0.340 e. The minimum absolute atomic E-state index is 0.206. The molecule has 15 heavy (non-hydrogen) atoms. The third-order valence-corrected chi connectivity index (χ3v) is 2.56. The van der Waals surface area contributed by atoms with Gasteiger partial charge in [-0.1, -0.05) is 13.3 Å². The Balaban J connectivity index is 3.07. The van der Waals surface area contributed by atoms with Gasteiger partial charge in [0.05, 0.1) is 12.2 Å². The summed E-state index contributed by atoms with van der Waals surface area (Å²) in [6.07, 6.45) is 1.91. The summed E-state index contributed by atoms with van der Waals surface area (Å²) < 4.78 is 5.05. The summed E-state index contributed by atoms with van der Waals surface area (Å²) in [5.41, 5.74) is 3.81. The van der Waals surface area contributed by atoms with E-state index in [0.717, 1.165) is 35.4 Å². The van der Waals surface area contributed by atoms with Gasteiger partial charge in [0.2, 0.25) is 0 Å². The second-order valence-electron chi connectivity index (χ2n) is 3.70. The molecule has 1 aromatic rings. The van der Waals surface area contributed by atoms with Crippen LogP contribution in [0.3, 0.4) is 0 Å².